The number of sulfonamides is 1. The molecule has 0 aliphatic carbocycles. The molecule has 0 bridgehead atoms. The molecule has 2 rings (SSSR count). The average molecular weight is 299 g/mol. The van der Waals surface area contributed by atoms with Crippen LogP contribution in [0.2, 0.25) is 0 Å². The Kier molecular flexibility index (Phi) is 4.69. The molecule has 1 N–H and O–H groups in total. The third-order valence-corrected chi connectivity index (χ3v) is 3.55. The van der Waals surface area contributed by atoms with Crippen LogP contribution in [-0.2, 0) is 21.3 Å². The Bertz CT molecular complexity index is 582. The largest absolute Gasteiger partial charge is 0.378 e. The van der Waals surface area contributed by atoms with Gasteiger partial charge in [0.15, 0.2) is 0 Å². The first kappa shape index (κ1) is 14.9. The maximum atomic E-state index is 12.3. The number of hydrogen-bond acceptors (Lipinski definition) is 5. The van der Waals surface area contributed by atoms with E-state index in [1.54, 1.807) is 17.0 Å². The maximum Gasteiger partial charge on any atom is 0.254 e. The molecule has 0 atom stereocenters. The van der Waals surface area contributed by atoms with Crippen LogP contribution in [-0.4, -0.2) is 56.8 Å². The highest BCUT2D eigenvalue weighted by Crippen LogP contribution is 2.08. The van der Waals surface area contributed by atoms with Crippen LogP contribution >= 0.6 is 0 Å². The molecule has 0 spiro atoms. The zero-order valence-electron chi connectivity index (χ0n) is 11.2. The molecule has 0 unspecified atom stereocenters. The Labute approximate surface area is 118 Å². The van der Waals surface area contributed by atoms with Gasteiger partial charge in [0, 0.05) is 24.8 Å². The molecule has 1 aromatic rings. The summed E-state index contributed by atoms with van der Waals surface area (Å²) in [5, 5.41) is 0. The molecule has 0 aromatic carbocycles. The Morgan fingerprint density at radius 1 is 1.45 bits per heavy atom. The standard InChI is InChI=1S/C12H17N3O4S/c1-20(17,18)14-9-11-8-10(2-3-13-11)12(16)15-4-6-19-7-5-15/h2-3,8,14H,4-7,9H2,1H3. The van der Waals surface area contributed by atoms with E-state index in [1.165, 1.54) is 6.20 Å². The number of nitrogens with one attached hydrogen (secondary N) is 1. The van der Waals surface area contributed by atoms with Crippen LogP contribution in [0.15, 0.2) is 18.3 Å². The van der Waals surface area contributed by atoms with Crippen molar-refractivity contribution in [3.05, 3.63) is 29.6 Å². The summed E-state index contributed by atoms with van der Waals surface area (Å²) in [4.78, 5) is 18.0. The van der Waals surface area contributed by atoms with E-state index in [-0.39, 0.29) is 12.5 Å². The van der Waals surface area contributed by atoms with E-state index in [9.17, 15) is 13.2 Å². The lowest BCUT2D eigenvalue weighted by molar-refractivity contribution is 0.0302. The van der Waals surface area contributed by atoms with Crippen molar-refractivity contribution < 1.29 is 17.9 Å². The first-order valence-electron chi connectivity index (χ1n) is 6.22. The van der Waals surface area contributed by atoms with Gasteiger partial charge < -0.3 is 9.64 Å². The Morgan fingerprint density at radius 2 is 2.15 bits per heavy atom. The van der Waals surface area contributed by atoms with Crippen molar-refractivity contribution in [2.45, 2.75) is 6.54 Å². The van der Waals surface area contributed by atoms with E-state index in [2.05, 4.69) is 9.71 Å². The minimum atomic E-state index is -3.28. The van der Waals surface area contributed by atoms with E-state index in [0.29, 0.717) is 37.6 Å². The summed E-state index contributed by atoms with van der Waals surface area (Å²) in [7, 11) is -3.28. The normalized spacial score (nSPS) is 16.1. The number of pyridine rings is 1. The molecule has 0 saturated carbocycles. The van der Waals surface area contributed by atoms with E-state index in [1.807, 2.05) is 0 Å². The van der Waals surface area contributed by atoms with Gasteiger partial charge in [0.2, 0.25) is 10.0 Å². The monoisotopic (exact) mass is 299 g/mol. The predicted molar refractivity (Wildman–Crippen MR) is 72.6 cm³/mol. The van der Waals surface area contributed by atoms with Crippen molar-refractivity contribution in [1.82, 2.24) is 14.6 Å². The van der Waals surface area contributed by atoms with E-state index >= 15 is 0 Å². The third-order valence-electron chi connectivity index (χ3n) is 2.88. The Balaban J connectivity index is 2.06. The topological polar surface area (TPSA) is 88.6 Å². The molecule has 7 nitrogen and oxygen atoms in total. The Morgan fingerprint density at radius 3 is 2.80 bits per heavy atom. The van der Waals surface area contributed by atoms with Crippen molar-refractivity contribution in [1.29, 1.82) is 0 Å². The van der Waals surface area contributed by atoms with Gasteiger partial charge in [-0.1, -0.05) is 0 Å². The summed E-state index contributed by atoms with van der Waals surface area (Å²) >= 11 is 0. The molecule has 110 valence electrons. The van der Waals surface area contributed by atoms with E-state index in [0.717, 1.165) is 6.26 Å². The molecule has 1 aromatic heterocycles. The summed E-state index contributed by atoms with van der Waals surface area (Å²) in [5.41, 5.74) is 1.02. The number of hydrogen-bond donors (Lipinski definition) is 1. The van der Waals surface area contributed by atoms with Crippen molar-refractivity contribution in [2.75, 3.05) is 32.6 Å². The van der Waals surface area contributed by atoms with Crippen molar-refractivity contribution in [2.24, 2.45) is 0 Å². The molecule has 1 amide bonds. The summed E-state index contributed by atoms with van der Waals surface area (Å²) in [5.74, 6) is -0.0868. The number of amides is 1. The van der Waals surface area contributed by atoms with Gasteiger partial charge in [-0.25, -0.2) is 13.1 Å². The summed E-state index contributed by atoms with van der Waals surface area (Å²) in [6, 6.07) is 3.23. The molecule has 1 aliphatic heterocycles. The number of rotatable bonds is 4. The average Bonchev–Trinajstić information content (AvgIpc) is 2.45. The number of morpholine rings is 1. The minimum absolute atomic E-state index is 0.0725. The second-order valence-electron chi connectivity index (χ2n) is 4.53. The van der Waals surface area contributed by atoms with Crippen molar-refractivity contribution in [3.8, 4) is 0 Å². The van der Waals surface area contributed by atoms with Crippen LogP contribution in [0.3, 0.4) is 0 Å². The molecule has 1 aliphatic rings. The molecule has 1 fully saturated rings. The van der Waals surface area contributed by atoms with Gasteiger partial charge in [0.25, 0.3) is 5.91 Å². The highest BCUT2D eigenvalue weighted by atomic mass is 32.2. The molecule has 1 saturated heterocycles. The number of nitrogens with zero attached hydrogens (tertiary/aromatic N) is 2. The molecular formula is C12H17N3O4S. The first-order valence-corrected chi connectivity index (χ1v) is 8.11. The number of ether oxygens (including phenoxy) is 1. The second-order valence-corrected chi connectivity index (χ2v) is 6.37. The highest BCUT2D eigenvalue weighted by Gasteiger charge is 2.18. The zero-order valence-corrected chi connectivity index (χ0v) is 12.0. The van der Waals surface area contributed by atoms with Gasteiger partial charge in [-0.15, -0.1) is 0 Å². The molecule has 0 radical (unpaired) electrons. The van der Waals surface area contributed by atoms with Gasteiger partial charge >= 0.3 is 0 Å². The third kappa shape index (κ3) is 4.26. The maximum absolute atomic E-state index is 12.3. The molecule has 20 heavy (non-hydrogen) atoms. The SMILES string of the molecule is CS(=O)(=O)NCc1cc(C(=O)N2CCOCC2)ccn1. The van der Waals surface area contributed by atoms with Crippen molar-refractivity contribution in [3.63, 3.8) is 0 Å². The fourth-order valence-corrected chi connectivity index (χ4v) is 2.27. The highest BCUT2D eigenvalue weighted by molar-refractivity contribution is 7.88. The van der Waals surface area contributed by atoms with Crippen LogP contribution in [0.1, 0.15) is 16.1 Å². The van der Waals surface area contributed by atoms with Gasteiger partial charge in [0.1, 0.15) is 0 Å². The van der Waals surface area contributed by atoms with Crippen LogP contribution in [0, 0.1) is 0 Å². The lowest BCUT2D eigenvalue weighted by atomic mass is 10.2. The molecule has 8 heteroatoms. The van der Waals surface area contributed by atoms with Gasteiger partial charge in [0.05, 0.1) is 31.7 Å². The summed E-state index contributed by atoms with van der Waals surface area (Å²) in [6.45, 7) is 2.29. The van der Waals surface area contributed by atoms with E-state index < -0.39 is 10.0 Å². The van der Waals surface area contributed by atoms with Gasteiger partial charge in [-0.05, 0) is 12.1 Å². The number of aromatic nitrogens is 1. The molecular weight excluding hydrogens is 282 g/mol. The summed E-state index contributed by atoms with van der Waals surface area (Å²) in [6.07, 6.45) is 2.59. The Hall–Kier alpha value is -1.51. The fraction of sp³-hybridized carbons (Fsp3) is 0.500. The smallest absolute Gasteiger partial charge is 0.254 e. The van der Waals surface area contributed by atoms with Crippen LogP contribution in [0.5, 0.6) is 0 Å². The quantitative estimate of drug-likeness (QED) is 0.817. The zero-order chi connectivity index (χ0) is 14.6. The van der Waals surface area contributed by atoms with Crippen LogP contribution in [0.25, 0.3) is 0 Å². The second kappa shape index (κ2) is 6.29. The molecule has 2 heterocycles. The van der Waals surface area contributed by atoms with Crippen LogP contribution < -0.4 is 4.72 Å². The van der Waals surface area contributed by atoms with Gasteiger partial charge in [-0.2, -0.15) is 0 Å². The minimum Gasteiger partial charge on any atom is -0.378 e. The lowest BCUT2D eigenvalue weighted by Crippen LogP contribution is -2.40. The number of carbonyl (C=O) groups excluding carboxylic acids is 1. The van der Waals surface area contributed by atoms with Crippen molar-refractivity contribution >= 4 is 15.9 Å². The number of carbonyl (C=O) groups is 1. The van der Waals surface area contributed by atoms with Crippen LogP contribution in [0.4, 0.5) is 0 Å². The lowest BCUT2D eigenvalue weighted by Gasteiger charge is -2.26. The summed E-state index contributed by atoms with van der Waals surface area (Å²) < 4.78 is 29.6. The first-order chi connectivity index (χ1) is 9.46. The predicted octanol–water partition coefficient (Wildman–Crippen LogP) is -0.397. The van der Waals surface area contributed by atoms with Gasteiger partial charge in [-0.3, -0.25) is 9.78 Å². The fourth-order valence-electron chi connectivity index (χ4n) is 1.86. The van der Waals surface area contributed by atoms with E-state index in [4.69, 9.17) is 4.74 Å².